The van der Waals surface area contributed by atoms with Crippen molar-refractivity contribution in [2.45, 2.75) is 27.4 Å². The van der Waals surface area contributed by atoms with Crippen LogP contribution in [0, 0.1) is 13.8 Å². The standard InChI is InChI=1S/C23H25N5O2/c1-4-30-14-17-6-5-15(2)21(13-17)25-22-12-11-20(24-22)18-7-9-19(10-8-18)28-16(3)26-27-23(28)29/h5-13,24-25H,4,14H2,1-3H3,(H,27,29). The molecule has 2 heterocycles. The van der Waals surface area contributed by atoms with Gasteiger partial charge in [0.15, 0.2) is 0 Å². The fraction of sp³-hybridized carbons (Fsp3) is 0.217. The lowest BCUT2D eigenvalue weighted by molar-refractivity contribution is 0.134. The number of aryl methyl sites for hydroxylation is 2. The van der Waals surface area contributed by atoms with E-state index in [-0.39, 0.29) is 5.69 Å². The molecule has 7 heteroatoms. The first kappa shape index (κ1) is 19.7. The second kappa shape index (κ2) is 8.42. The van der Waals surface area contributed by atoms with Gasteiger partial charge in [0.05, 0.1) is 12.3 Å². The molecule has 0 saturated carbocycles. The predicted molar refractivity (Wildman–Crippen MR) is 119 cm³/mol. The summed E-state index contributed by atoms with van der Waals surface area (Å²) in [4.78, 5) is 15.3. The smallest absolute Gasteiger partial charge is 0.347 e. The van der Waals surface area contributed by atoms with Crippen molar-refractivity contribution >= 4 is 11.5 Å². The average molecular weight is 403 g/mol. The SMILES string of the molecule is CCOCc1ccc(C)c(Nc2ccc(-c3ccc(-n4c(C)n[nH]c4=O)cc3)[nH]2)c1. The Labute approximate surface area is 174 Å². The highest BCUT2D eigenvalue weighted by Gasteiger charge is 2.08. The van der Waals surface area contributed by atoms with Crippen molar-refractivity contribution in [3.8, 4) is 16.9 Å². The van der Waals surface area contributed by atoms with E-state index in [9.17, 15) is 4.79 Å². The van der Waals surface area contributed by atoms with Gasteiger partial charge in [-0.05, 0) is 67.8 Å². The summed E-state index contributed by atoms with van der Waals surface area (Å²) in [6.07, 6.45) is 0. The lowest BCUT2D eigenvalue weighted by atomic mass is 10.1. The van der Waals surface area contributed by atoms with Gasteiger partial charge in [-0.2, -0.15) is 5.10 Å². The minimum absolute atomic E-state index is 0.242. The van der Waals surface area contributed by atoms with Crippen molar-refractivity contribution in [3.05, 3.63) is 82.0 Å². The number of benzene rings is 2. The molecule has 2 aromatic carbocycles. The van der Waals surface area contributed by atoms with Gasteiger partial charge in [-0.1, -0.05) is 24.3 Å². The van der Waals surface area contributed by atoms with Crippen LogP contribution in [0.5, 0.6) is 0 Å². The van der Waals surface area contributed by atoms with Crippen LogP contribution < -0.4 is 11.0 Å². The molecule has 7 nitrogen and oxygen atoms in total. The number of hydrogen-bond donors (Lipinski definition) is 3. The second-order valence-corrected chi connectivity index (χ2v) is 7.16. The molecule has 154 valence electrons. The normalized spacial score (nSPS) is 11.0. The molecule has 0 atom stereocenters. The Morgan fingerprint density at radius 1 is 1.07 bits per heavy atom. The third-order valence-corrected chi connectivity index (χ3v) is 5.01. The van der Waals surface area contributed by atoms with Crippen LogP contribution in [-0.2, 0) is 11.3 Å². The zero-order chi connectivity index (χ0) is 21.1. The highest BCUT2D eigenvalue weighted by molar-refractivity contribution is 5.68. The Hall–Kier alpha value is -3.58. The number of H-pyrrole nitrogens is 2. The van der Waals surface area contributed by atoms with E-state index in [0.29, 0.717) is 19.0 Å². The molecule has 0 aliphatic heterocycles. The highest BCUT2D eigenvalue weighted by atomic mass is 16.5. The summed E-state index contributed by atoms with van der Waals surface area (Å²) < 4.78 is 7.06. The number of aromatic amines is 2. The summed E-state index contributed by atoms with van der Waals surface area (Å²) in [6, 6.07) is 18.1. The fourth-order valence-corrected chi connectivity index (χ4v) is 3.36. The Kier molecular flexibility index (Phi) is 5.54. The van der Waals surface area contributed by atoms with Crippen LogP contribution >= 0.6 is 0 Å². The van der Waals surface area contributed by atoms with Gasteiger partial charge in [-0.15, -0.1) is 0 Å². The first-order valence-corrected chi connectivity index (χ1v) is 9.93. The average Bonchev–Trinajstić information content (AvgIpc) is 3.35. The highest BCUT2D eigenvalue weighted by Crippen LogP contribution is 2.26. The van der Waals surface area contributed by atoms with Crippen molar-refractivity contribution in [2.75, 3.05) is 11.9 Å². The molecule has 0 aliphatic carbocycles. The molecule has 0 spiro atoms. The zero-order valence-electron chi connectivity index (χ0n) is 17.3. The molecule has 3 N–H and O–H groups in total. The maximum atomic E-state index is 11.9. The minimum atomic E-state index is -0.242. The van der Waals surface area contributed by atoms with Gasteiger partial charge in [0.1, 0.15) is 11.6 Å². The van der Waals surface area contributed by atoms with Crippen molar-refractivity contribution in [1.82, 2.24) is 19.7 Å². The predicted octanol–water partition coefficient (Wildman–Crippen LogP) is 4.45. The number of ether oxygens (including phenoxy) is 1. The summed E-state index contributed by atoms with van der Waals surface area (Å²) in [6.45, 7) is 7.17. The van der Waals surface area contributed by atoms with E-state index < -0.39 is 0 Å². The number of hydrogen-bond acceptors (Lipinski definition) is 4. The summed E-state index contributed by atoms with van der Waals surface area (Å²) in [5, 5.41) is 9.87. The van der Waals surface area contributed by atoms with E-state index >= 15 is 0 Å². The van der Waals surface area contributed by atoms with Crippen molar-refractivity contribution < 1.29 is 4.74 Å². The Morgan fingerprint density at radius 2 is 1.87 bits per heavy atom. The van der Waals surface area contributed by atoms with E-state index in [1.54, 1.807) is 11.5 Å². The van der Waals surface area contributed by atoms with E-state index in [4.69, 9.17) is 4.74 Å². The van der Waals surface area contributed by atoms with Gasteiger partial charge in [0.2, 0.25) is 0 Å². The molecule has 0 fully saturated rings. The van der Waals surface area contributed by atoms with Crippen LogP contribution in [0.25, 0.3) is 16.9 Å². The van der Waals surface area contributed by atoms with E-state index in [2.05, 4.69) is 45.6 Å². The maximum absolute atomic E-state index is 11.9. The summed E-state index contributed by atoms with van der Waals surface area (Å²) >= 11 is 0. The largest absolute Gasteiger partial charge is 0.377 e. The molecule has 0 bridgehead atoms. The third kappa shape index (κ3) is 4.06. The molecule has 0 saturated heterocycles. The molecule has 0 aliphatic rings. The van der Waals surface area contributed by atoms with Crippen LogP contribution in [0.1, 0.15) is 23.9 Å². The monoisotopic (exact) mass is 403 g/mol. The zero-order valence-corrected chi connectivity index (χ0v) is 17.3. The van der Waals surface area contributed by atoms with Gasteiger partial charge >= 0.3 is 5.69 Å². The molecule has 4 rings (SSSR count). The number of anilines is 2. The van der Waals surface area contributed by atoms with Crippen molar-refractivity contribution in [2.24, 2.45) is 0 Å². The molecule has 0 unspecified atom stereocenters. The summed E-state index contributed by atoms with van der Waals surface area (Å²) in [7, 11) is 0. The Balaban J connectivity index is 1.53. The lowest BCUT2D eigenvalue weighted by Crippen LogP contribution is -2.15. The van der Waals surface area contributed by atoms with E-state index in [1.165, 1.54) is 0 Å². The van der Waals surface area contributed by atoms with Crippen LogP contribution in [0.15, 0.2) is 59.4 Å². The van der Waals surface area contributed by atoms with Gasteiger partial charge in [0.25, 0.3) is 0 Å². The van der Waals surface area contributed by atoms with Gasteiger partial charge < -0.3 is 15.0 Å². The summed E-state index contributed by atoms with van der Waals surface area (Å²) in [5.41, 5.74) is 5.90. The number of nitrogens with one attached hydrogen (secondary N) is 3. The van der Waals surface area contributed by atoms with Gasteiger partial charge in [-0.3, -0.25) is 0 Å². The van der Waals surface area contributed by atoms with Crippen molar-refractivity contribution in [1.29, 1.82) is 0 Å². The molecule has 0 amide bonds. The second-order valence-electron chi connectivity index (χ2n) is 7.16. The van der Waals surface area contributed by atoms with Crippen LogP contribution in [0.3, 0.4) is 0 Å². The van der Waals surface area contributed by atoms with Crippen LogP contribution in [-0.4, -0.2) is 26.4 Å². The minimum Gasteiger partial charge on any atom is -0.377 e. The molecule has 4 aromatic rings. The Morgan fingerprint density at radius 3 is 2.57 bits per heavy atom. The number of nitrogens with zero attached hydrogens (tertiary/aromatic N) is 2. The first-order chi connectivity index (χ1) is 14.5. The number of rotatable bonds is 7. The fourth-order valence-electron chi connectivity index (χ4n) is 3.36. The van der Waals surface area contributed by atoms with Crippen LogP contribution in [0.2, 0.25) is 0 Å². The molecule has 30 heavy (non-hydrogen) atoms. The molecular formula is C23H25N5O2. The van der Waals surface area contributed by atoms with Gasteiger partial charge in [-0.25, -0.2) is 14.5 Å². The van der Waals surface area contributed by atoms with Gasteiger partial charge in [0, 0.05) is 18.0 Å². The Bertz CT molecular complexity index is 1200. The summed E-state index contributed by atoms with van der Waals surface area (Å²) in [5.74, 6) is 1.54. The van der Waals surface area contributed by atoms with E-state index in [1.807, 2.05) is 43.3 Å². The van der Waals surface area contributed by atoms with E-state index in [0.717, 1.165) is 39.6 Å². The molecular weight excluding hydrogens is 378 g/mol. The topological polar surface area (TPSA) is 87.7 Å². The first-order valence-electron chi connectivity index (χ1n) is 9.93. The molecule has 2 aromatic heterocycles. The van der Waals surface area contributed by atoms with Crippen molar-refractivity contribution in [3.63, 3.8) is 0 Å². The third-order valence-electron chi connectivity index (χ3n) is 5.01. The maximum Gasteiger partial charge on any atom is 0.347 e. The van der Waals surface area contributed by atoms with Crippen LogP contribution in [0.4, 0.5) is 11.5 Å². The lowest BCUT2D eigenvalue weighted by Gasteiger charge is -2.11. The number of aromatic nitrogens is 4. The quantitative estimate of drug-likeness (QED) is 0.425. The molecule has 0 radical (unpaired) electrons.